The fourth-order valence-electron chi connectivity index (χ4n) is 4.55. The van der Waals surface area contributed by atoms with Gasteiger partial charge in [-0.05, 0) is 68.7 Å². The highest BCUT2D eigenvalue weighted by Gasteiger charge is 2.20. The van der Waals surface area contributed by atoms with Gasteiger partial charge in [0, 0.05) is 55.1 Å². The number of nitrogens with zero attached hydrogens (tertiary/aromatic N) is 3. The van der Waals surface area contributed by atoms with Gasteiger partial charge in [0.25, 0.3) is 0 Å². The van der Waals surface area contributed by atoms with Gasteiger partial charge in [0.05, 0.1) is 7.11 Å². The van der Waals surface area contributed by atoms with Crippen molar-refractivity contribution < 1.29 is 14.6 Å². The molecule has 3 aromatic rings. The molecular weight excluding hydrogens is 450 g/mol. The molecule has 1 aliphatic heterocycles. The van der Waals surface area contributed by atoms with E-state index in [4.69, 9.17) is 4.74 Å². The average molecular weight is 486 g/mol. The number of aromatic hydroxyl groups is 1. The molecule has 1 N–H and O–H groups in total. The van der Waals surface area contributed by atoms with Gasteiger partial charge in [0.2, 0.25) is 0 Å². The zero-order valence-electron chi connectivity index (χ0n) is 21.6. The molecule has 0 saturated carbocycles. The summed E-state index contributed by atoms with van der Waals surface area (Å²) in [6.07, 6.45) is 3.46. The van der Waals surface area contributed by atoms with Crippen LogP contribution in [0.4, 0.5) is 5.69 Å². The minimum Gasteiger partial charge on any atom is -0.508 e. The number of piperazine rings is 1. The molecule has 1 heterocycles. The predicted octanol–water partition coefficient (Wildman–Crippen LogP) is 4.78. The van der Waals surface area contributed by atoms with Crippen LogP contribution in [-0.2, 0) is 6.54 Å². The first-order chi connectivity index (χ1) is 17.4. The Morgan fingerprint density at radius 1 is 1.03 bits per heavy atom. The monoisotopic (exact) mass is 485 g/mol. The van der Waals surface area contributed by atoms with E-state index in [2.05, 4.69) is 29.0 Å². The Bertz CT molecular complexity index is 1240. The Morgan fingerprint density at radius 3 is 2.50 bits per heavy atom. The predicted molar refractivity (Wildman–Crippen MR) is 147 cm³/mol. The smallest absolute Gasteiger partial charge is 0.187 e. The largest absolute Gasteiger partial charge is 0.508 e. The van der Waals surface area contributed by atoms with Crippen molar-refractivity contribution >= 4 is 17.5 Å². The van der Waals surface area contributed by atoms with Gasteiger partial charge in [-0.25, -0.2) is 0 Å². The molecular formula is C30H35N3O3. The normalized spacial score (nSPS) is 14.5. The Balaban J connectivity index is 1.70. The molecule has 0 spiro atoms. The molecule has 3 aromatic carbocycles. The molecule has 0 bridgehead atoms. The summed E-state index contributed by atoms with van der Waals surface area (Å²) < 4.78 is 5.57. The van der Waals surface area contributed by atoms with E-state index in [9.17, 15) is 9.90 Å². The third kappa shape index (κ3) is 5.96. The second-order valence-electron chi connectivity index (χ2n) is 9.55. The Labute approximate surface area is 214 Å². The molecule has 36 heavy (non-hydrogen) atoms. The van der Waals surface area contributed by atoms with Gasteiger partial charge in [0.15, 0.2) is 5.78 Å². The van der Waals surface area contributed by atoms with Gasteiger partial charge in [-0.1, -0.05) is 36.4 Å². The molecule has 6 nitrogen and oxygen atoms in total. The number of phenols is 1. The third-order valence-corrected chi connectivity index (χ3v) is 6.54. The minimum absolute atomic E-state index is 0.0529. The summed E-state index contributed by atoms with van der Waals surface area (Å²) in [7, 11) is 7.70. The minimum atomic E-state index is -0.0529. The summed E-state index contributed by atoms with van der Waals surface area (Å²) in [5.74, 6) is 0.980. The fourth-order valence-corrected chi connectivity index (χ4v) is 4.55. The van der Waals surface area contributed by atoms with Crippen molar-refractivity contribution in [1.29, 1.82) is 0 Å². The lowest BCUT2D eigenvalue weighted by Gasteiger charge is -2.35. The molecule has 1 saturated heterocycles. The highest BCUT2D eigenvalue weighted by Crippen LogP contribution is 2.34. The highest BCUT2D eigenvalue weighted by atomic mass is 16.5. The van der Waals surface area contributed by atoms with Crippen LogP contribution in [0, 0.1) is 0 Å². The summed E-state index contributed by atoms with van der Waals surface area (Å²) in [5, 5.41) is 10.2. The number of carbonyl (C=O) groups is 1. The van der Waals surface area contributed by atoms with Gasteiger partial charge in [-0.2, -0.15) is 0 Å². The lowest BCUT2D eigenvalue weighted by molar-refractivity contribution is 0.104. The van der Waals surface area contributed by atoms with Crippen LogP contribution < -0.4 is 9.64 Å². The number of likely N-dealkylation sites (N-methyl/N-ethyl adjacent to an activating group) is 1. The number of carbonyl (C=O) groups excluding carboxylic acids is 1. The van der Waals surface area contributed by atoms with Crippen molar-refractivity contribution in [3.63, 3.8) is 0 Å². The van der Waals surface area contributed by atoms with Gasteiger partial charge in [-0.15, -0.1) is 0 Å². The van der Waals surface area contributed by atoms with E-state index >= 15 is 0 Å². The van der Waals surface area contributed by atoms with E-state index in [1.54, 1.807) is 19.3 Å². The van der Waals surface area contributed by atoms with Crippen LogP contribution in [0.3, 0.4) is 0 Å². The lowest BCUT2D eigenvalue weighted by Crippen LogP contribution is -2.45. The molecule has 0 aliphatic carbocycles. The van der Waals surface area contributed by atoms with Crippen LogP contribution in [0.5, 0.6) is 11.5 Å². The Hall–Kier alpha value is -3.61. The number of ketones is 1. The summed E-state index contributed by atoms with van der Waals surface area (Å²) >= 11 is 0. The molecule has 0 atom stereocenters. The van der Waals surface area contributed by atoms with E-state index < -0.39 is 0 Å². The first-order valence-corrected chi connectivity index (χ1v) is 12.3. The van der Waals surface area contributed by atoms with Gasteiger partial charge >= 0.3 is 0 Å². The Kier molecular flexibility index (Phi) is 8.08. The number of methoxy groups -OCH3 is 1. The van der Waals surface area contributed by atoms with Crippen LogP contribution in [0.1, 0.15) is 21.5 Å². The maximum atomic E-state index is 13.6. The zero-order valence-corrected chi connectivity index (χ0v) is 21.6. The van der Waals surface area contributed by atoms with Gasteiger partial charge in [-0.3, -0.25) is 4.79 Å². The standard InChI is InChI=1S/C30H35N3O3/c1-31(2)21-24-19-22(9-13-28(24)34)10-14-29(35)26-20-23(25-7-5-6-8-30(25)36-4)11-12-27(26)33-17-15-32(3)16-18-33/h5-14,19-20,34H,15-18,21H2,1-4H3. The highest BCUT2D eigenvalue weighted by molar-refractivity contribution is 6.11. The molecule has 0 amide bonds. The van der Waals surface area contributed by atoms with Crippen molar-refractivity contribution in [3.8, 4) is 22.6 Å². The number of ether oxygens (including phenoxy) is 1. The molecule has 0 unspecified atom stereocenters. The van der Waals surface area contributed by atoms with E-state index in [-0.39, 0.29) is 11.5 Å². The average Bonchev–Trinajstić information content (AvgIpc) is 2.89. The zero-order chi connectivity index (χ0) is 25.7. The molecule has 0 radical (unpaired) electrons. The first kappa shape index (κ1) is 25.5. The van der Waals surface area contributed by atoms with Crippen LogP contribution >= 0.6 is 0 Å². The van der Waals surface area contributed by atoms with Gasteiger partial charge in [0.1, 0.15) is 11.5 Å². The molecule has 1 aliphatic rings. The number of phenolic OH excluding ortho intramolecular Hbond substituents is 1. The van der Waals surface area contributed by atoms with Crippen molar-refractivity contribution in [2.75, 3.05) is 59.3 Å². The van der Waals surface area contributed by atoms with Crippen molar-refractivity contribution in [2.24, 2.45) is 0 Å². The summed E-state index contributed by atoms with van der Waals surface area (Å²) in [4.78, 5) is 20.2. The van der Waals surface area contributed by atoms with Crippen molar-refractivity contribution in [1.82, 2.24) is 9.80 Å². The first-order valence-electron chi connectivity index (χ1n) is 12.3. The van der Waals surface area contributed by atoms with Crippen LogP contribution in [0.15, 0.2) is 66.7 Å². The number of allylic oxidation sites excluding steroid dienone is 1. The topological polar surface area (TPSA) is 56.3 Å². The van der Waals surface area contributed by atoms with E-state index in [1.165, 1.54) is 0 Å². The van der Waals surface area contributed by atoms with E-state index in [0.29, 0.717) is 12.1 Å². The lowest BCUT2D eigenvalue weighted by atomic mass is 9.97. The second-order valence-corrected chi connectivity index (χ2v) is 9.55. The molecule has 188 valence electrons. The molecule has 0 aromatic heterocycles. The van der Waals surface area contributed by atoms with E-state index in [1.807, 2.05) is 67.5 Å². The van der Waals surface area contributed by atoms with Crippen LogP contribution in [0.2, 0.25) is 0 Å². The second kappa shape index (κ2) is 11.4. The number of hydrogen-bond donors (Lipinski definition) is 1. The maximum absolute atomic E-state index is 13.6. The number of anilines is 1. The van der Waals surface area contributed by atoms with Gasteiger partial charge < -0.3 is 24.5 Å². The summed E-state index contributed by atoms with van der Waals surface area (Å²) in [6, 6.07) is 19.4. The summed E-state index contributed by atoms with van der Waals surface area (Å²) in [6.45, 7) is 4.29. The SMILES string of the molecule is COc1ccccc1-c1ccc(N2CCN(C)CC2)c(C(=O)C=Cc2ccc(O)c(CN(C)C)c2)c1. The third-order valence-electron chi connectivity index (χ3n) is 6.54. The number of benzene rings is 3. The molecule has 1 fully saturated rings. The molecule has 6 heteroatoms. The maximum Gasteiger partial charge on any atom is 0.187 e. The number of para-hydroxylation sites is 1. The van der Waals surface area contributed by atoms with Crippen molar-refractivity contribution in [3.05, 3.63) is 83.4 Å². The van der Waals surface area contributed by atoms with Crippen LogP contribution in [0.25, 0.3) is 17.2 Å². The quantitative estimate of drug-likeness (QED) is 0.366. The number of hydrogen-bond acceptors (Lipinski definition) is 6. The fraction of sp³-hybridized carbons (Fsp3) is 0.300. The van der Waals surface area contributed by atoms with E-state index in [0.717, 1.165) is 59.9 Å². The summed E-state index contributed by atoms with van der Waals surface area (Å²) in [5.41, 5.74) is 5.22. The van der Waals surface area contributed by atoms with Crippen molar-refractivity contribution in [2.45, 2.75) is 6.54 Å². The number of rotatable bonds is 8. The van der Waals surface area contributed by atoms with Crippen LogP contribution in [-0.4, -0.2) is 75.1 Å². The Morgan fingerprint density at radius 2 is 1.78 bits per heavy atom. The molecule has 4 rings (SSSR count).